The Morgan fingerprint density at radius 3 is 1.83 bits per heavy atom. The van der Waals surface area contributed by atoms with Crippen LogP contribution in [0, 0.1) is 46.6 Å². The summed E-state index contributed by atoms with van der Waals surface area (Å²) in [6, 6.07) is 4.28. The molecular weight excluding hydrogens is 364 g/mol. The number of rotatable bonds is 8. The SMILES string of the molecule is CCCCC[C@H]1CC[C@H]([C@H]2CC[C@H](CCc3cc(F)c(C#N)c(F)c3)CC2)CC1. The molecule has 3 heteroatoms. The van der Waals surface area contributed by atoms with Gasteiger partial charge in [0.1, 0.15) is 23.3 Å². The van der Waals surface area contributed by atoms with Gasteiger partial charge in [0.25, 0.3) is 0 Å². The van der Waals surface area contributed by atoms with Gasteiger partial charge >= 0.3 is 0 Å². The third-order valence-corrected chi connectivity index (χ3v) is 7.72. The average molecular weight is 402 g/mol. The van der Waals surface area contributed by atoms with Crippen molar-refractivity contribution in [3.05, 3.63) is 34.9 Å². The van der Waals surface area contributed by atoms with Crippen LogP contribution >= 0.6 is 0 Å². The molecule has 0 amide bonds. The predicted octanol–water partition coefficient (Wildman–Crippen LogP) is 7.96. The van der Waals surface area contributed by atoms with E-state index < -0.39 is 17.2 Å². The molecule has 29 heavy (non-hydrogen) atoms. The first-order valence-electron chi connectivity index (χ1n) is 12.0. The van der Waals surface area contributed by atoms with Crippen molar-refractivity contribution in [2.24, 2.45) is 23.7 Å². The highest BCUT2D eigenvalue weighted by molar-refractivity contribution is 5.35. The maximum atomic E-state index is 13.8. The summed E-state index contributed by atoms with van der Waals surface area (Å²) in [7, 11) is 0. The molecule has 0 bridgehead atoms. The maximum Gasteiger partial charge on any atom is 0.144 e. The summed E-state index contributed by atoms with van der Waals surface area (Å²) >= 11 is 0. The van der Waals surface area contributed by atoms with Gasteiger partial charge in [-0.3, -0.25) is 0 Å². The van der Waals surface area contributed by atoms with Crippen LogP contribution in [0.4, 0.5) is 8.78 Å². The molecule has 2 saturated carbocycles. The maximum absolute atomic E-state index is 13.8. The zero-order valence-corrected chi connectivity index (χ0v) is 18.1. The fraction of sp³-hybridized carbons (Fsp3) is 0.731. The Labute approximate surface area is 175 Å². The summed E-state index contributed by atoms with van der Waals surface area (Å²) in [5, 5.41) is 8.79. The van der Waals surface area contributed by atoms with Crippen LogP contribution in [0.2, 0.25) is 0 Å². The predicted molar refractivity (Wildman–Crippen MR) is 114 cm³/mol. The molecule has 0 spiro atoms. The topological polar surface area (TPSA) is 23.8 Å². The van der Waals surface area contributed by atoms with E-state index in [0.29, 0.717) is 17.9 Å². The normalized spacial score (nSPS) is 27.5. The van der Waals surface area contributed by atoms with Gasteiger partial charge < -0.3 is 0 Å². The van der Waals surface area contributed by atoms with Crippen molar-refractivity contribution in [2.45, 2.75) is 96.8 Å². The monoisotopic (exact) mass is 401 g/mol. The minimum Gasteiger partial charge on any atom is -0.205 e. The van der Waals surface area contributed by atoms with Gasteiger partial charge in [-0.2, -0.15) is 5.26 Å². The Bertz CT molecular complexity index is 653. The largest absolute Gasteiger partial charge is 0.205 e. The van der Waals surface area contributed by atoms with Crippen LogP contribution in [0.25, 0.3) is 0 Å². The molecule has 3 rings (SSSR count). The first-order valence-corrected chi connectivity index (χ1v) is 12.0. The molecule has 2 fully saturated rings. The number of nitrogens with zero attached hydrogens (tertiary/aromatic N) is 1. The van der Waals surface area contributed by atoms with E-state index in [1.807, 2.05) is 0 Å². The molecule has 1 nitrogen and oxygen atoms in total. The Morgan fingerprint density at radius 1 is 0.828 bits per heavy atom. The van der Waals surface area contributed by atoms with E-state index in [2.05, 4.69) is 6.92 Å². The van der Waals surface area contributed by atoms with Crippen LogP contribution in [-0.4, -0.2) is 0 Å². The van der Waals surface area contributed by atoms with Gasteiger partial charge in [0, 0.05) is 0 Å². The molecule has 0 atom stereocenters. The van der Waals surface area contributed by atoms with E-state index in [1.165, 1.54) is 89.2 Å². The quantitative estimate of drug-likeness (QED) is 0.405. The lowest BCUT2D eigenvalue weighted by atomic mass is 9.68. The van der Waals surface area contributed by atoms with Crippen LogP contribution in [-0.2, 0) is 6.42 Å². The van der Waals surface area contributed by atoms with Gasteiger partial charge in [-0.05, 0) is 79.9 Å². The van der Waals surface area contributed by atoms with E-state index in [4.69, 9.17) is 5.26 Å². The van der Waals surface area contributed by atoms with Crippen molar-refractivity contribution in [1.29, 1.82) is 5.26 Å². The fourth-order valence-electron chi connectivity index (χ4n) is 5.83. The van der Waals surface area contributed by atoms with Crippen molar-refractivity contribution in [2.75, 3.05) is 0 Å². The van der Waals surface area contributed by atoms with E-state index in [9.17, 15) is 8.78 Å². The molecule has 2 aliphatic rings. The number of hydrogen-bond donors (Lipinski definition) is 0. The van der Waals surface area contributed by atoms with Crippen molar-refractivity contribution in [1.82, 2.24) is 0 Å². The van der Waals surface area contributed by atoms with Crippen molar-refractivity contribution >= 4 is 0 Å². The molecule has 2 aliphatic carbocycles. The zero-order chi connectivity index (χ0) is 20.6. The summed E-state index contributed by atoms with van der Waals surface area (Å²) in [4.78, 5) is 0. The van der Waals surface area contributed by atoms with E-state index in [1.54, 1.807) is 6.07 Å². The summed E-state index contributed by atoms with van der Waals surface area (Å²) in [6.07, 6.45) is 18.3. The summed E-state index contributed by atoms with van der Waals surface area (Å²) in [5.74, 6) is 2.07. The van der Waals surface area contributed by atoms with E-state index >= 15 is 0 Å². The molecular formula is C26H37F2N. The van der Waals surface area contributed by atoms with Gasteiger partial charge in [0.2, 0.25) is 0 Å². The third kappa shape index (κ3) is 6.27. The number of nitriles is 1. The molecule has 0 saturated heterocycles. The fourth-order valence-corrected chi connectivity index (χ4v) is 5.83. The van der Waals surface area contributed by atoms with Gasteiger partial charge in [0.05, 0.1) is 0 Å². The molecule has 0 unspecified atom stereocenters. The number of unbranched alkanes of at least 4 members (excludes halogenated alkanes) is 2. The Hall–Kier alpha value is -1.43. The second-order valence-electron chi connectivity index (χ2n) is 9.64. The first-order chi connectivity index (χ1) is 14.1. The van der Waals surface area contributed by atoms with E-state index in [-0.39, 0.29) is 0 Å². The van der Waals surface area contributed by atoms with Crippen molar-refractivity contribution in [3.8, 4) is 6.07 Å². The number of halogens is 2. The van der Waals surface area contributed by atoms with Crippen molar-refractivity contribution < 1.29 is 8.78 Å². The van der Waals surface area contributed by atoms with Gasteiger partial charge in [-0.1, -0.05) is 58.3 Å². The van der Waals surface area contributed by atoms with Gasteiger partial charge in [0.15, 0.2) is 0 Å². The van der Waals surface area contributed by atoms with Gasteiger partial charge in [-0.25, -0.2) is 8.78 Å². The molecule has 0 aliphatic heterocycles. The lowest BCUT2D eigenvalue weighted by molar-refractivity contribution is 0.140. The highest BCUT2D eigenvalue weighted by Gasteiger charge is 2.30. The van der Waals surface area contributed by atoms with Crippen LogP contribution in [0.3, 0.4) is 0 Å². The first kappa shape index (κ1) is 22.3. The number of hydrogen-bond acceptors (Lipinski definition) is 1. The molecule has 0 heterocycles. The summed E-state index contributed by atoms with van der Waals surface area (Å²) in [5.41, 5.74) is 0.219. The van der Waals surface area contributed by atoms with Crippen LogP contribution < -0.4 is 0 Å². The Balaban J connectivity index is 1.37. The second kappa shape index (κ2) is 11.1. The molecule has 0 N–H and O–H groups in total. The van der Waals surface area contributed by atoms with Crippen LogP contribution in [0.5, 0.6) is 0 Å². The number of aryl methyl sites for hydroxylation is 1. The summed E-state index contributed by atoms with van der Waals surface area (Å²) < 4.78 is 27.6. The average Bonchev–Trinajstić information content (AvgIpc) is 2.73. The molecule has 0 aromatic heterocycles. The Morgan fingerprint density at radius 2 is 1.34 bits per heavy atom. The highest BCUT2D eigenvalue weighted by atomic mass is 19.1. The molecule has 0 radical (unpaired) electrons. The minimum atomic E-state index is -0.725. The molecule has 1 aromatic rings. The lowest BCUT2D eigenvalue weighted by Crippen LogP contribution is -2.26. The third-order valence-electron chi connectivity index (χ3n) is 7.72. The zero-order valence-electron chi connectivity index (χ0n) is 18.1. The van der Waals surface area contributed by atoms with Crippen LogP contribution in [0.1, 0.15) is 102 Å². The standard InChI is InChI=1S/C26H37F2N/c1-2-3-4-5-19-8-12-22(13-9-19)23-14-10-20(11-15-23)6-7-21-16-25(27)24(18-29)26(28)17-21/h16-17,19-20,22-23H,2-15H2,1H3/t19-,20-,22-,23-. The van der Waals surface area contributed by atoms with Gasteiger partial charge in [-0.15, -0.1) is 0 Å². The van der Waals surface area contributed by atoms with Crippen molar-refractivity contribution in [3.63, 3.8) is 0 Å². The highest BCUT2D eigenvalue weighted by Crippen LogP contribution is 2.43. The molecule has 160 valence electrons. The lowest BCUT2D eigenvalue weighted by Gasteiger charge is -2.38. The minimum absolute atomic E-state index is 0.464. The Kier molecular flexibility index (Phi) is 8.52. The van der Waals surface area contributed by atoms with E-state index in [0.717, 1.165) is 24.2 Å². The summed E-state index contributed by atoms with van der Waals surface area (Å²) in [6.45, 7) is 2.29. The smallest absolute Gasteiger partial charge is 0.144 e. The van der Waals surface area contributed by atoms with Crippen LogP contribution in [0.15, 0.2) is 12.1 Å². The second-order valence-corrected chi connectivity index (χ2v) is 9.64. The molecule has 1 aromatic carbocycles. The number of benzene rings is 1.